The van der Waals surface area contributed by atoms with Gasteiger partial charge in [-0.05, 0) is 12.1 Å². The van der Waals surface area contributed by atoms with E-state index in [1.54, 1.807) is 7.11 Å². The van der Waals surface area contributed by atoms with Gasteiger partial charge in [-0.2, -0.15) is 0 Å². The molecule has 0 atom stereocenters. The van der Waals surface area contributed by atoms with E-state index < -0.39 is 0 Å². The van der Waals surface area contributed by atoms with E-state index in [1.165, 1.54) is 0 Å². The summed E-state index contributed by atoms with van der Waals surface area (Å²) in [7, 11) is 1.67. The van der Waals surface area contributed by atoms with Gasteiger partial charge in [-0.3, -0.25) is 0 Å². The normalized spacial score (nSPS) is 10.6. The quantitative estimate of drug-likeness (QED) is 0.653. The Hall–Kier alpha value is -2.22. The molecule has 2 heteroatoms. The fraction of sp³-hybridized carbons (Fsp3) is 0.0667. The van der Waals surface area contributed by atoms with Gasteiger partial charge in [0.15, 0.2) is 11.5 Å². The van der Waals surface area contributed by atoms with Crippen molar-refractivity contribution in [3.8, 4) is 17.1 Å². The van der Waals surface area contributed by atoms with E-state index in [2.05, 4.69) is 0 Å². The van der Waals surface area contributed by atoms with Gasteiger partial charge in [0.05, 0.1) is 12.5 Å². The molecular weight excluding hydrogens is 212 g/mol. The number of furan rings is 1. The van der Waals surface area contributed by atoms with Crippen molar-refractivity contribution in [1.82, 2.24) is 0 Å². The second-order valence-electron chi connectivity index (χ2n) is 3.83. The average Bonchev–Trinajstić information content (AvgIpc) is 2.78. The van der Waals surface area contributed by atoms with Gasteiger partial charge in [0.2, 0.25) is 0 Å². The highest BCUT2D eigenvalue weighted by Crippen LogP contribution is 2.39. The molecule has 0 aliphatic heterocycles. The molecule has 2 aromatic carbocycles. The minimum atomic E-state index is 0.786. The summed E-state index contributed by atoms with van der Waals surface area (Å²) in [4.78, 5) is 0. The summed E-state index contributed by atoms with van der Waals surface area (Å²) in [5, 5.41) is 1.01. The van der Waals surface area contributed by atoms with E-state index in [0.29, 0.717) is 0 Å². The zero-order valence-corrected chi connectivity index (χ0v) is 9.51. The van der Waals surface area contributed by atoms with Gasteiger partial charge in [0.25, 0.3) is 0 Å². The zero-order chi connectivity index (χ0) is 11.7. The highest BCUT2D eigenvalue weighted by atomic mass is 16.5. The summed E-state index contributed by atoms with van der Waals surface area (Å²) < 4.78 is 11.3. The Bertz CT molecular complexity index is 638. The molecular formula is C15H12O2. The fourth-order valence-corrected chi connectivity index (χ4v) is 2.00. The number of benzene rings is 2. The number of methoxy groups -OCH3 is 1. The molecule has 0 radical (unpaired) electrons. The van der Waals surface area contributed by atoms with Crippen molar-refractivity contribution in [2.75, 3.05) is 7.11 Å². The molecule has 3 rings (SSSR count). The maximum absolute atomic E-state index is 5.85. The van der Waals surface area contributed by atoms with Gasteiger partial charge >= 0.3 is 0 Å². The highest BCUT2D eigenvalue weighted by Gasteiger charge is 2.15. The number of hydrogen-bond acceptors (Lipinski definition) is 2. The van der Waals surface area contributed by atoms with Crippen molar-refractivity contribution in [2.45, 2.75) is 0 Å². The molecule has 17 heavy (non-hydrogen) atoms. The fourth-order valence-electron chi connectivity index (χ4n) is 2.00. The third-order valence-electron chi connectivity index (χ3n) is 2.79. The van der Waals surface area contributed by atoms with Crippen molar-refractivity contribution in [1.29, 1.82) is 0 Å². The van der Waals surface area contributed by atoms with Crippen LogP contribution in [0.5, 0.6) is 5.75 Å². The first kappa shape index (κ1) is 9.97. The maximum Gasteiger partial charge on any atom is 0.177 e. The zero-order valence-electron chi connectivity index (χ0n) is 9.51. The van der Waals surface area contributed by atoms with Crippen molar-refractivity contribution in [2.24, 2.45) is 0 Å². The van der Waals surface area contributed by atoms with Crippen LogP contribution in [0.3, 0.4) is 0 Å². The molecule has 0 aliphatic rings. The summed E-state index contributed by atoms with van der Waals surface area (Å²) in [5.41, 5.74) is 1.88. The molecule has 0 saturated carbocycles. The van der Waals surface area contributed by atoms with Crippen LogP contribution in [0.25, 0.3) is 22.3 Å². The molecule has 1 aromatic heterocycles. The van der Waals surface area contributed by atoms with Crippen molar-refractivity contribution >= 4 is 11.0 Å². The Kier molecular flexibility index (Phi) is 2.33. The van der Waals surface area contributed by atoms with Crippen molar-refractivity contribution in [3.05, 3.63) is 54.6 Å². The van der Waals surface area contributed by atoms with Crippen molar-refractivity contribution < 1.29 is 9.15 Å². The highest BCUT2D eigenvalue weighted by molar-refractivity contribution is 5.91. The molecule has 0 fully saturated rings. The maximum atomic E-state index is 5.85. The number of ether oxygens (including phenoxy) is 1. The molecule has 0 aliphatic carbocycles. The van der Waals surface area contributed by atoms with Crippen LogP contribution in [0.1, 0.15) is 0 Å². The largest absolute Gasteiger partial charge is 0.492 e. The molecule has 0 amide bonds. The van der Waals surface area contributed by atoms with E-state index in [1.807, 2.05) is 54.6 Å². The SMILES string of the molecule is COc1c(-c2ccccc2)oc2ccccc12. The molecule has 0 bridgehead atoms. The van der Waals surface area contributed by atoms with Crippen molar-refractivity contribution in [3.63, 3.8) is 0 Å². The van der Waals surface area contributed by atoms with Gasteiger partial charge in [0, 0.05) is 5.56 Å². The average molecular weight is 224 g/mol. The van der Waals surface area contributed by atoms with Crippen LogP contribution in [0.15, 0.2) is 59.0 Å². The topological polar surface area (TPSA) is 22.4 Å². The third-order valence-corrected chi connectivity index (χ3v) is 2.79. The lowest BCUT2D eigenvalue weighted by molar-refractivity contribution is 0.414. The first-order valence-electron chi connectivity index (χ1n) is 5.51. The van der Waals surface area contributed by atoms with Crippen LogP contribution in [0.4, 0.5) is 0 Å². The van der Waals surface area contributed by atoms with E-state index in [4.69, 9.17) is 9.15 Å². The lowest BCUT2D eigenvalue weighted by atomic mass is 10.1. The Morgan fingerprint density at radius 3 is 2.35 bits per heavy atom. The van der Waals surface area contributed by atoms with E-state index in [0.717, 1.165) is 28.0 Å². The number of fused-ring (bicyclic) bond motifs is 1. The first-order valence-corrected chi connectivity index (χ1v) is 5.51. The minimum absolute atomic E-state index is 0.786. The van der Waals surface area contributed by atoms with E-state index >= 15 is 0 Å². The molecule has 0 saturated heterocycles. The summed E-state index contributed by atoms with van der Waals surface area (Å²) in [6.07, 6.45) is 0. The lowest BCUT2D eigenvalue weighted by Gasteiger charge is -2.00. The Balaban J connectivity index is 2.30. The molecule has 0 N–H and O–H groups in total. The molecule has 3 aromatic rings. The second-order valence-corrected chi connectivity index (χ2v) is 3.83. The lowest BCUT2D eigenvalue weighted by Crippen LogP contribution is -1.83. The summed E-state index contributed by atoms with van der Waals surface area (Å²) in [5.74, 6) is 1.58. The standard InChI is InChI=1S/C15H12O2/c1-16-15-12-9-5-6-10-13(12)17-14(15)11-7-3-2-4-8-11/h2-10H,1H3. The monoisotopic (exact) mass is 224 g/mol. The van der Waals surface area contributed by atoms with Gasteiger partial charge in [0.1, 0.15) is 5.58 Å². The van der Waals surface area contributed by atoms with Gasteiger partial charge in [-0.1, -0.05) is 42.5 Å². The Morgan fingerprint density at radius 1 is 0.882 bits per heavy atom. The molecule has 1 heterocycles. The number of para-hydroxylation sites is 1. The second kappa shape index (κ2) is 3.98. The Morgan fingerprint density at radius 2 is 1.59 bits per heavy atom. The van der Waals surface area contributed by atoms with Crippen LogP contribution in [-0.4, -0.2) is 7.11 Å². The van der Waals surface area contributed by atoms with Crippen LogP contribution < -0.4 is 4.74 Å². The van der Waals surface area contributed by atoms with Crippen LogP contribution in [0.2, 0.25) is 0 Å². The number of rotatable bonds is 2. The Labute approximate surface area is 99.4 Å². The van der Waals surface area contributed by atoms with Crippen LogP contribution in [-0.2, 0) is 0 Å². The summed E-state index contributed by atoms with van der Waals surface area (Å²) in [6.45, 7) is 0. The van der Waals surface area contributed by atoms with E-state index in [9.17, 15) is 0 Å². The van der Waals surface area contributed by atoms with Crippen LogP contribution >= 0.6 is 0 Å². The summed E-state index contributed by atoms with van der Waals surface area (Å²) >= 11 is 0. The van der Waals surface area contributed by atoms with Crippen LogP contribution in [0, 0.1) is 0 Å². The predicted octanol–water partition coefficient (Wildman–Crippen LogP) is 4.11. The smallest absolute Gasteiger partial charge is 0.177 e. The summed E-state index contributed by atoms with van der Waals surface area (Å²) in [6, 6.07) is 17.9. The number of hydrogen-bond donors (Lipinski definition) is 0. The molecule has 0 spiro atoms. The third kappa shape index (κ3) is 1.58. The van der Waals surface area contributed by atoms with E-state index in [-0.39, 0.29) is 0 Å². The first-order chi connectivity index (χ1) is 8.40. The molecule has 0 unspecified atom stereocenters. The van der Waals surface area contributed by atoms with Gasteiger partial charge in [-0.25, -0.2) is 0 Å². The predicted molar refractivity (Wildman–Crippen MR) is 68.2 cm³/mol. The molecule has 2 nitrogen and oxygen atoms in total. The van der Waals surface area contributed by atoms with Gasteiger partial charge in [-0.15, -0.1) is 0 Å². The minimum Gasteiger partial charge on any atom is -0.492 e. The van der Waals surface area contributed by atoms with Gasteiger partial charge < -0.3 is 9.15 Å². The molecule has 84 valence electrons.